The zero-order valence-electron chi connectivity index (χ0n) is 6.25. The molecular weight excluding hydrogens is 287 g/mol. The summed E-state index contributed by atoms with van der Waals surface area (Å²) >= 11 is 3.60. The molecule has 0 aromatic rings. The molecule has 74 valence electrons. The van der Waals surface area contributed by atoms with E-state index in [1.54, 1.807) is 0 Å². The summed E-state index contributed by atoms with van der Waals surface area (Å²) in [5.74, 6) is 0. The Hall–Kier alpha value is 1.14. The topological polar surface area (TPSA) is 79.2 Å². The second kappa shape index (κ2) is 8.72. The summed E-state index contributed by atoms with van der Waals surface area (Å²) < 4.78 is 9.89. The van der Waals surface area contributed by atoms with Crippen molar-refractivity contribution < 1.29 is 45.2 Å². The van der Waals surface area contributed by atoms with Gasteiger partial charge in [-0.2, -0.15) is 0 Å². The molecule has 0 aromatic heterocycles. The second-order valence-corrected chi connectivity index (χ2v) is 4.23. The van der Waals surface area contributed by atoms with Gasteiger partial charge >= 0.3 is 6.72 Å². The van der Waals surface area contributed by atoms with Crippen LogP contribution >= 0.6 is 6.72 Å². The van der Waals surface area contributed by atoms with Crippen molar-refractivity contribution in [3.63, 3.8) is 0 Å². The van der Waals surface area contributed by atoms with Crippen molar-refractivity contribution in [1.82, 2.24) is 0 Å². The molecule has 1 aliphatic heterocycles. The number of ether oxygens (including phenoxy) is 2. The molecule has 0 aliphatic carbocycles. The van der Waals surface area contributed by atoms with Gasteiger partial charge in [-0.15, -0.1) is 0 Å². The van der Waals surface area contributed by atoms with Crippen LogP contribution in [0.5, 0.6) is 0 Å². The first-order valence-corrected chi connectivity index (χ1v) is 5.60. The van der Waals surface area contributed by atoms with Gasteiger partial charge in [-0.3, -0.25) is 0 Å². The van der Waals surface area contributed by atoms with E-state index in [-0.39, 0.29) is 21.1 Å². The van der Waals surface area contributed by atoms with Gasteiger partial charge in [-0.1, -0.05) is 0 Å². The Morgan fingerprint density at radius 1 is 0.917 bits per heavy atom. The Balaban J connectivity index is 0. The molecule has 0 radical (unpaired) electrons. The van der Waals surface area contributed by atoms with Crippen molar-refractivity contribution in [2.45, 2.75) is 0 Å². The minimum atomic E-state index is -3.81. The van der Waals surface area contributed by atoms with Crippen molar-refractivity contribution >= 4 is 18.5 Å². The molecule has 5 nitrogen and oxygen atoms in total. The van der Waals surface area contributed by atoms with E-state index in [1.165, 1.54) is 0 Å². The van der Waals surface area contributed by atoms with Crippen LogP contribution in [0.4, 0.5) is 0 Å². The fourth-order valence-electron chi connectivity index (χ4n) is 0.440. The predicted octanol–water partition coefficient (Wildman–Crippen LogP) is -0.781. The zero-order valence-corrected chi connectivity index (χ0v) is 9.97. The third-order valence-corrected chi connectivity index (χ3v) is 0.744. The van der Waals surface area contributed by atoms with E-state index in [0.717, 1.165) is 26.4 Å². The molecule has 1 fully saturated rings. The standard InChI is InChI=1S/C4H8O2.Mo.H3O3PS/c1-2-6-4-3-5-1;;1-4(2,3)5/h1-4H2;;(H3,1,2,3,5). The largest absolute Gasteiger partial charge is 0.377 e. The molecule has 0 amide bonds. The first-order chi connectivity index (χ1) is 5.00. The van der Waals surface area contributed by atoms with Gasteiger partial charge in [0.1, 0.15) is 0 Å². The Kier molecular flexibility index (Phi) is 11.3. The zero-order chi connectivity index (χ0) is 8.74. The van der Waals surface area contributed by atoms with E-state index < -0.39 is 6.72 Å². The van der Waals surface area contributed by atoms with E-state index in [2.05, 4.69) is 11.8 Å². The number of hydrogen-bond donors (Lipinski definition) is 3. The molecule has 12 heavy (non-hydrogen) atoms. The molecular formula is C4H11MoO5PS. The first-order valence-electron chi connectivity index (χ1n) is 2.94. The molecule has 0 bridgehead atoms. The Labute approximate surface area is 90.2 Å². The summed E-state index contributed by atoms with van der Waals surface area (Å²) in [5, 5.41) is 0. The van der Waals surface area contributed by atoms with Gasteiger partial charge < -0.3 is 24.2 Å². The minimum Gasteiger partial charge on any atom is -0.377 e. The number of rotatable bonds is 0. The van der Waals surface area contributed by atoms with Gasteiger partial charge in [0.05, 0.1) is 26.4 Å². The first kappa shape index (κ1) is 15.6. The van der Waals surface area contributed by atoms with E-state index in [0.29, 0.717) is 0 Å². The molecule has 3 N–H and O–H groups in total. The third kappa shape index (κ3) is 22.5. The van der Waals surface area contributed by atoms with Gasteiger partial charge in [0.2, 0.25) is 0 Å². The summed E-state index contributed by atoms with van der Waals surface area (Å²) in [7, 11) is 0. The fourth-order valence-corrected chi connectivity index (χ4v) is 0.440. The monoisotopic (exact) mass is 300 g/mol. The summed E-state index contributed by atoms with van der Waals surface area (Å²) in [5.41, 5.74) is 0. The van der Waals surface area contributed by atoms with Gasteiger partial charge in [-0.05, 0) is 11.8 Å². The molecule has 1 aliphatic rings. The average Bonchev–Trinajstić information content (AvgIpc) is 1.88. The number of hydrogen-bond acceptors (Lipinski definition) is 3. The Morgan fingerprint density at radius 2 is 1.08 bits per heavy atom. The molecule has 1 rings (SSSR count). The van der Waals surface area contributed by atoms with Crippen molar-refractivity contribution in [2.75, 3.05) is 26.4 Å². The van der Waals surface area contributed by atoms with Gasteiger partial charge in [0.25, 0.3) is 0 Å². The molecule has 0 unspecified atom stereocenters. The molecule has 8 heteroatoms. The average molecular weight is 298 g/mol. The van der Waals surface area contributed by atoms with Crippen LogP contribution in [0.15, 0.2) is 0 Å². The molecule has 1 heterocycles. The van der Waals surface area contributed by atoms with Gasteiger partial charge in [-0.25, -0.2) is 0 Å². The van der Waals surface area contributed by atoms with Crippen LogP contribution in [0.2, 0.25) is 0 Å². The van der Waals surface area contributed by atoms with Gasteiger partial charge in [0.15, 0.2) is 0 Å². The summed E-state index contributed by atoms with van der Waals surface area (Å²) in [4.78, 5) is 22.7. The maximum atomic E-state index is 7.56. The van der Waals surface area contributed by atoms with Crippen LogP contribution in [0.25, 0.3) is 0 Å². The molecule has 0 saturated carbocycles. The fraction of sp³-hybridized carbons (Fsp3) is 1.00. The third-order valence-electron chi connectivity index (χ3n) is 0.744. The smallest absolute Gasteiger partial charge is 0.319 e. The normalized spacial score (nSPS) is 16.9. The maximum absolute atomic E-state index is 7.56. The summed E-state index contributed by atoms with van der Waals surface area (Å²) in [6.45, 7) is -0.694. The van der Waals surface area contributed by atoms with E-state index in [9.17, 15) is 0 Å². The summed E-state index contributed by atoms with van der Waals surface area (Å²) in [6, 6.07) is 0. The predicted molar refractivity (Wildman–Crippen MR) is 42.6 cm³/mol. The SMILES string of the molecule is C1COCCO1.OP(O)(O)=S.[Mo]. The minimum absolute atomic E-state index is 0. The van der Waals surface area contributed by atoms with Crippen LogP contribution in [0.3, 0.4) is 0 Å². The van der Waals surface area contributed by atoms with Crippen LogP contribution in [-0.4, -0.2) is 41.1 Å². The van der Waals surface area contributed by atoms with Crippen molar-refractivity contribution in [3.8, 4) is 0 Å². The second-order valence-electron chi connectivity index (χ2n) is 1.74. The molecule has 0 aromatic carbocycles. The molecule has 0 spiro atoms. The van der Waals surface area contributed by atoms with E-state index >= 15 is 0 Å². The van der Waals surface area contributed by atoms with E-state index in [4.69, 9.17) is 24.2 Å². The van der Waals surface area contributed by atoms with Crippen LogP contribution in [0, 0.1) is 0 Å². The van der Waals surface area contributed by atoms with Crippen LogP contribution in [-0.2, 0) is 42.3 Å². The van der Waals surface area contributed by atoms with E-state index in [1.807, 2.05) is 0 Å². The maximum Gasteiger partial charge on any atom is 0.319 e. The van der Waals surface area contributed by atoms with Gasteiger partial charge in [0, 0.05) is 21.1 Å². The van der Waals surface area contributed by atoms with Crippen molar-refractivity contribution in [1.29, 1.82) is 0 Å². The quantitative estimate of drug-likeness (QED) is 0.402. The van der Waals surface area contributed by atoms with Crippen molar-refractivity contribution in [3.05, 3.63) is 0 Å². The van der Waals surface area contributed by atoms with Crippen molar-refractivity contribution in [2.24, 2.45) is 0 Å². The van der Waals surface area contributed by atoms with Crippen LogP contribution in [0.1, 0.15) is 0 Å². The van der Waals surface area contributed by atoms with Crippen LogP contribution < -0.4 is 0 Å². The molecule has 1 saturated heterocycles. The molecule has 0 atom stereocenters. The summed E-state index contributed by atoms with van der Waals surface area (Å²) in [6.07, 6.45) is 0. The Bertz CT molecular complexity index is 116. The Morgan fingerprint density at radius 3 is 1.17 bits per heavy atom.